The molecule has 3 heteroatoms. The van der Waals surface area contributed by atoms with E-state index in [0.717, 1.165) is 5.88 Å². The number of hydrogen-bond donors (Lipinski definition) is 0. The van der Waals surface area contributed by atoms with Gasteiger partial charge in [0.05, 0.1) is 0 Å². The molecular formula is C10H13NO2. The fraction of sp³-hybridized carbons (Fsp3) is 0.500. The van der Waals surface area contributed by atoms with E-state index in [9.17, 15) is 4.79 Å². The number of ketones is 1. The fourth-order valence-corrected chi connectivity index (χ4v) is 1.35. The number of carbonyl (C=O) groups excluding carboxylic acids is 1. The zero-order valence-electron chi connectivity index (χ0n) is 7.91. The van der Waals surface area contributed by atoms with Gasteiger partial charge >= 0.3 is 0 Å². The molecule has 1 aromatic heterocycles. The second kappa shape index (κ2) is 2.91. The van der Waals surface area contributed by atoms with Crippen LogP contribution in [0.2, 0.25) is 0 Å². The molecule has 13 heavy (non-hydrogen) atoms. The van der Waals surface area contributed by atoms with Gasteiger partial charge in [0.25, 0.3) is 0 Å². The van der Waals surface area contributed by atoms with Gasteiger partial charge in [-0.3, -0.25) is 4.79 Å². The number of anilines is 1. The van der Waals surface area contributed by atoms with Crippen LogP contribution in [-0.2, 0) is 0 Å². The van der Waals surface area contributed by atoms with Crippen LogP contribution in [0.25, 0.3) is 0 Å². The summed E-state index contributed by atoms with van der Waals surface area (Å²) >= 11 is 0. The predicted octanol–water partition coefficient (Wildman–Crippen LogP) is 2.08. The molecule has 0 aliphatic heterocycles. The van der Waals surface area contributed by atoms with Crippen LogP contribution in [0.15, 0.2) is 16.5 Å². The van der Waals surface area contributed by atoms with Crippen molar-refractivity contribution < 1.29 is 9.21 Å². The topological polar surface area (TPSA) is 33.5 Å². The lowest BCUT2D eigenvalue weighted by molar-refractivity contribution is 0.0988. The number of hydrogen-bond acceptors (Lipinski definition) is 3. The third-order valence-corrected chi connectivity index (χ3v) is 2.38. The normalized spacial score (nSPS) is 15.8. The Morgan fingerprint density at radius 3 is 2.69 bits per heavy atom. The highest BCUT2D eigenvalue weighted by atomic mass is 16.4. The van der Waals surface area contributed by atoms with E-state index >= 15 is 0 Å². The summed E-state index contributed by atoms with van der Waals surface area (Å²) in [5.41, 5.74) is 0. The minimum atomic E-state index is -0.0181. The average molecular weight is 179 g/mol. The van der Waals surface area contributed by atoms with Crippen molar-refractivity contribution in [2.75, 3.05) is 11.9 Å². The predicted molar refractivity (Wildman–Crippen MR) is 50.1 cm³/mol. The second-order valence-electron chi connectivity index (χ2n) is 3.54. The molecule has 3 nitrogen and oxygen atoms in total. The lowest BCUT2D eigenvalue weighted by Gasteiger charge is -2.13. The molecule has 0 atom stereocenters. The Bertz CT molecular complexity index is 325. The van der Waals surface area contributed by atoms with E-state index < -0.39 is 0 Å². The van der Waals surface area contributed by atoms with Gasteiger partial charge in [0.2, 0.25) is 0 Å². The molecule has 1 aromatic rings. The number of nitrogens with zero attached hydrogens (tertiary/aromatic N) is 1. The Hall–Kier alpha value is -1.25. The maximum Gasteiger partial charge on any atom is 0.196 e. The zero-order valence-corrected chi connectivity index (χ0v) is 7.91. The monoisotopic (exact) mass is 179 g/mol. The van der Waals surface area contributed by atoms with Crippen LogP contribution in [0.1, 0.15) is 30.3 Å². The quantitative estimate of drug-likeness (QED) is 0.666. The Kier molecular flexibility index (Phi) is 1.87. The largest absolute Gasteiger partial charge is 0.437 e. The van der Waals surface area contributed by atoms with E-state index in [1.807, 2.05) is 13.1 Å². The van der Waals surface area contributed by atoms with Crippen LogP contribution in [0.5, 0.6) is 0 Å². The Morgan fingerprint density at radius 2 is 2.23 bits per heavy atom. The first-order valence-corrected chi connectivity index (χ1v) is 4.52. The first kappa shape index (κ1) is 8.35. The molecule has 0 radical (unpaired) electrons. The molecule has 0 bridgehead atoms. The molecule has 1 fully saturated rings. The molecule has 0 N–H and O–H groups in total. The van der Waals surface area contributed by atoms with Gasteiger partial charge in [0.1, 0.15) is 0 Å². The maximum atomic E-state index is 11.0. The minimum Gasteiger partial charge on any atom is -0.437 e. The summed E-state index contributed by atoms with van der Waals surface area (Å²) in [6.45, 7) is 1.51. The van der Waals surface area contributed by atoms with Crippen molar-refractivity contribution in [1.82, 2.24) is 0 Å². The molecule has 1 aliphatic carbocycles. The highest BCUT2D eigenvalue weighted by Crippen LogP contribution is 2.31. The maximum absolute atomic E-state index is 11.0. The standard InChI is InChI=1S/C10H13NO2/c1-7(12)9-5-6-10(13-9)11(2)8-3-4-8/h5-6,8H,3-4H2,1-2H3. The lowest BCUT2D eigenvalue weighted by atomic mass is 10.3. The molecule has 1 heterocycles. The van der Waals surface area contributed by atoms with E-state index in [0.29, 0.717) is 11.8 Å². The Labute approximate surface area is 77.3 Å². The number of carbonyl (C=O) groups is 1. The van der Waals surface area contributed by atoms with Gasteiger partial charge in [0.15, 0.2) is 17.4 Å². The number of Topliss-reactive ketones (excluding diaryl/α,β-unsaturated/α-hetero) is 1. The smallest absolute Gasteiger partial charge is 0.196 e. The van der Waals surface area contributed by atoms with E-state index in [4.69, 9.17) is 4.42 Å². The molecule has 0 unspecified atom stereocenters. The summed E-state index contributed by atoms with van der Waals surface area (Å²) in [5, 5.41) is 0. The molecular weight excluding hydrogens is 166 g/mol. The fourth-order valence-electron chi connectivity index (χ4n) is 1.35. The van der Waals surface area contributed by atoms with Crippen LogP contribution >= 0.6 is 0 Å². The van der Waals surface area contributed by atoms with Gasteiger partial charge in [-0.2, -0.15) is 0 Å². The van der Waals surface area contributed by atoms with Crippen LogP contribution in [0.3, 0.4) is 0 Å². The van der Waals surface area contributed by atoms with Crippen LogP contribution in [0.4, 0.5) is 5.88 Å². The SMILES string of the molecule is CC(=O)c1ccc(N(C)C2CC2)o1. The highest BCUT2D eigenvalue weighted by Gasteiger charge is 2.28. The van der Waals surface area contributed by atoms with Crippen molar-refractivity contribution in [3.05, 3.63) is 17.9 Å². The van der Waals surface area contributed by atoms with Crippen LogP contribution < -0.4 is 4.90 Å². The molecule has 0 saturated heterocycles. The van der Waals surface area contributed by atoms with E-state index in [-0.39, 0.29) is 5.78 Å². The van der Waals surface area contributed by atoms with Crippen molar-refractivity contribution in [3.63, 3.8) is 0 Å². The summed E-state index contributed by atoms with van der Waals surface area (Å²) in [5.74, 6) is 1.23. The van der Waals surface area contributed by atoms with Gasteiger partial charge in [-0.1, -0.05) is 0 Å². The minimum absolute atomic E-state index is 0.0181. The first-order chi connectivity index (χ1) is 6.18. The summed E-state index contributed by atoms with van der Waals surface area (Å²) in [6.07, 6.45) is 2.46. The first-order valence-electron chi connectivity index (χ1n) is 4.52. The number of rotatable bonds is 3. The molecule has 70 valence electrons. The van der Waals surface area contributed by atoms with Crippen molar-refractivity contribution >= 4 is 11.7 Å². The molecule has 0 spiro atoms. The summed E-state index contributed by atoms with van der Waals surface area (Å²) < 4.78 is 5.38. The van der Waals surface area contributed by atoms with Gasteiger partial charge in [0, 0.05) is 26.1 Å². The van der Waals surface area contributed by atoms with Gasteiger partial charge in [-0.05, 0) is 18.9 Å². The molecule has 1 aliphatic rings. The molecule has 0 aromatic carbocycles. The van der Waals surface area contributed by atoms with Crippen molar-refractivity contribution in [1.29, 1.82) is 0 Å². The van der Waals surface area contributed by atoms with Gasteiger partial charge < -0.3 is 9.32 Å². The van der Waals surface area contributed by atoms with Gasteiger partial charge in [-0.25, -0.2) is 0 Å². The third-order valence-electron chi connectivity index (χ3n) is 2.38. The molecule has 0 amide bonds. The lowest BCUT2D eigenvalue weighted by Crippen LogP contribution is -2.18. The highest BCUT2D eigenvalue weighted by molar-refractivity contribution is 5.91. The van der Waals surface area contributed by atoms with Crippen LogP contribution in [0, 0.1) is 0 Å². The van der Waals surface area contributed by atoms with E-state index in [1.165, 1.54) is 19.8 Å². The molecule has 2 rings (SSSR count). The summed E-state index contributed by atoms with van der Waals surface area (Å²) in [7, 11) is 2.00. The number of furan rings is 1. The summed E-state index contributed by atoms with van der Waals surface area (Å²) in [6, 6.07) is 4.21. The molecule has 1 saturated carbocycles. The Morgan fingerprint density at radius 1 is 1.54 bits per heavy atom. The van der Waals surface area contributed by atoms with Crippen LogP contribution in [-0.4, -0.2) is 18.9 Å². The summed E-state index contributed by atoms with van der Waals surface area (Å²) in [4.78, 5) is 13.0. The average Bonchev–Trinajstić information content (AvgIpc) is 2.81. The second-order valence-corrected chi connectivity index (χ2v) is 3.54. The van der Waals surface area contributed by atoms with Crippen molar-refractivity contribution in [3.8, 4) is 0 Å². The van der Waals surface area contributed by atoms with E-state index in [1.54, 1.807) is 6.07 Å². The van der Waals surface area contributed by atoms with Gasteiger partial charge in [-0.15, -0.1) is 0 Å². The van der Waals surface area contributed by atoms with Crippen molar-refractivity contribution in [2.24, 2.45) is 0 Å². The zero-order chi connectivity index (χ0) is 9.42. The Balaban J connectivity index is 2.16. The van der Waals surface area contributed by atoms with Crippen molar-refractivity contribution in [2.45, 2.75) is 25.8 Å². The van der Waals surface area contributed by atoms with E-state index in [2.05, 4.69) is 4.90 Å². The third kappa shape index (κ3) is 1.59.